The molecule has 3 nitrogen and oxygen atoms in total. The van der Waals surface area contributed by atoms with Gasteiger partial charge in [-0.05, 0) is 51.7 Å². The highest BCUT2D eigenvalue weighted by molar-refractivity contribution is 5.25. The van der Waals surface area contributed by atoms with E-state index in [-0.39, 0.29) is 12.4 Å². The van der Waals surface area contributed by atoms with Crippen molar-refractivity contribution in [3.63, 3.8) is 0 Å². The second-order valence-corrected chi connectivity index (χ2v) is 5.58. The third-order valence-electron chi connectivity index (χ3n) is 4.07. The Balaban J connectivity index is 1.96. The topological polar surface area (TPSA) is 32.5 Å². The fourth-order valence-corrected chi connectivity index (χ4v) is 2.74. The third kappa shape index (κ3) is 3.75. The highest BCUT2D eigenvalue weighted by atomic mass is 19.1. The van der Waals surface area contributed by atoms with Crippen molar-refractivity contribution >= 4 is 0 Å². The standard InChI is InChI=1S/C15H24FN3/c1-18-7-5-14(6-8-18)19(2)11-12-3-4-15(16)13(9-12)10-17/h3-4,9,14H,5-8,10-11,17H2,1-2H3. The van der Waals surface area contributed by atoms with Crippen molar-refractivity contribution < 1.29 is 4.39 Å². The lowest BCUT2D eigenvalue weighted by atomic mass is 10.0. The van der Waals surface area contributed by atoms with Gasteiger partial charge in [0.25, 0.3) is 0 Å². The third-order valence-corrected chi connectivity index (χ3v) is 4.07. The minimum absolute atomic E-state index is 0.201. The Morgan fingerprint density at radius 2 is 2.05 bits per heavy atom. The predicted octanol–water partition coefficient (Wildman–Crippen LogP) is 1.81. The number of hydrogen-bond acceptors (Lipinski definition) is 3. The van der Waals surface area contributed by atoms with Crippen LogP contribution >= 0.6 is 0 Å². The van der Waals surface area contributed by atoms with Crippen LogP contribution in [0.3, 0.4) is 0 Å². The number of nitrogens with two attached hydrogens (primary N) is 1. The molecule has 1 saturated heterocycles. The van der Waals surface area contributed by atoms with Crippen molar-refractivity contribution in [3.05, 3.63) is 35.1 Å². The number of likely N-dealkylation sites (tertiary alicyclic amines) is 1. The number of hydrogen-bond donors (Lipinski definition) is 1. The van der Waals surface area contributed by atoms with E-state index in [0.29, 0.717) is 11.6 Å². The average molecular weight is 265 g/mol. The van der Waals surface area contributed by atoms with Gasteiger partial charge in [0, 0.05) is 24.7 Å². The van der Waals surface area contributed by atoms with Crippen molar-refractivity contribution in [1.82, 2.24) is 9.80 Å². The molecule has 0 aliphatic carbocycles. The summed E-state index contributed by atoms with van der Waals surface area (Å²) in [5.74, 6) is -0.201. The van der Waals surface area contributed by atoms with E-state index in [4.69, 9.17) is 5.73 Å². The Labute approximate surface area is 115 Å². The van der Waals surface area contributed by atoms with Gasteiger partial charge < -0.3 is 10.6 Å². The highest BCUT2D eigenvalue weighted by Gasteiger charge is 2.20. The zero-order valence-electron chi connectivity index (χ0n) is 11.9. The van der Waals surface area contributed by atoms with E-state index in [2.05, 4.69) is 23.9 Å². The van der Waals surface area contributed by atoms with Crippen molar-refractivity contribution in [2.24, 2.45) is 5.73 Å². The van der Waals surface area contributed by atoms with Gasteiger partial charge in [0.05, 0.1) is 0 Å². The number of nitrogens with zero attached hydrogens (tertiary/aromatic N) is 2. The van der Waals surface area contributed by atoms with Gasteiger partial charge in [-0.25, -0.2) is 4.39 Å². The van der Waals surface area contributed by atoms with E-state index >= 15 is 0 Å². The quantitative estimate of drug-likeness (QED) is 0.901. The summed E-state index contributed by atoms with van der Waals surface area (Å²) in [5.41, 5.74) is 7.30. The molecule has 0 spiro atoms. The van der Waals surface area contributed by atoms with Crippen LogP contribution in [0, 0.1) is 5.82 Å². The molecular formula is C15H24FN3. The molecule has 0 aromatic heterocycles. The SMILES string of the molecule is CN1CCC(N(C)Cc2ccc(F)c(CN)c2)CC1. The summed E-state index contributed by atoms with van der Waals surface area (Å²) in [6, 6.07) is 5.91. The molecule has 1 aromatic carbocycles. The van der Waals surface area contributed by atoms with Crippen LogP contribution in [-0.4, -0.2) is 43.0 Å². The van der Waals surface area contributed by atoms with Crippen LogP contribution in [0.5, 0.6) is 0 Å². The smallest absolute Gasteiger partial charge is 0.127 e. The maximum absolute atomic E-state index is 13.4. The van der Waals surface area contributed by atoms with Gasteiger partial charge in [-0.15, -0.1) is 0 Å². The highest BCUT2D eigenvalue weighted by Crippen LogP contribution is 2.18. The maximum atomic E-state index is 13.4. The molecule has 1 fully saturated rings. The number of rotatable bonds is 4. The Hall–Kier alpha value is -0.970. The second kappa shape index (κ2) is 6.46. The van der Waals surface area contributed by atoms with Crippen molar-refractivity contribution in [2.75, 3.05) is 27.2 Å². The van der Waals surface area contributed by atoms with Gasteiger partial charge in [0.1, 0.15) is 5.82 Å². The summed E-state index contributed by atoms with van der Waals surface area (Å²) in [5, 5.41) is 0. The minimum atomic E-state index is -0.201. The zero-order chi connectivity index (χ0) is 13.8. The lowest BCUT2D eigenvalue weighted by Crippen LogP contribution is -2.41. The van der Waals surface area contributed by atoms with Crippen LogP contribution in [0.4, 0.5) is 4.39 Å². The normalized spacial score (nSPS) is 18.2. The van der Waals surface area contributed by atoms with Gasteiger partial charge in [0.2, 0.25) is 0 Å². The molecule has 4 heteroatoms. The Kier molecular flexibility index (Phi) is 4.91. The summed E-state index contributed by atoms with van der Waals surface area (Å²) >= 11 is 0. The van der Waals surface area contributed by atoms with E-state index in [1.54, 1.807) is 0 Å². The molecule has 1 heterocycles. The Bertz CT molecular complexity index is 414. The van der Waals surface area contributed by atoms with Gasteiger partial charge in [0.15, 0.2) is 0 Å². The maximum Gasteiger partial charge on any atom is 0.127 e. The van der Waals surface area contributed by atoms with Crippen molar-refractivity contribution in [1.29, 1.82) is 0 Å². The van der Waals surface area contributed by atoms with Crippen molar-refractivity contribution in [3.8, 4) is 0 Å². The van der Waals surface area contributed by atoms with E-state index in [1.807, 2.05) is 12.1 Å². The predicted molar refractivity (Wildman–Crippen MR) is 76.3 cm³/mol. The zero-order valence-corrected chi connectivity index (χ0v) is 11.9. The number of halogens is 1. The molecule has 2 N–H and O–H groups in total. The van der Waals surface area contributed by atoms with Crippen LogP contribution in [0.15, 0.2) is 18.2 Å². The first-order chi connectivity index (χ1) is 9.10. The first-order valence-electron chi connectivity index (χ1n) is 6.96. The van der Waals surface area contributed by atoms with Crippen LogP contribution in [-0.2, 0) is 13.1 Å². The molecule has 0 amide bonds. The lowest BCUT2D eigenvalue weighted by Gasteiger charge is -2.35. The van der Waals surface area contributed by atoms with Gasteiger partial charge in [-0.2, -0.15) is 0 Å². The molecule has 106 valence electrons. The molecule has 2 rings (SSSR count). The van der Waals surface area contributed by atoms with Gasteiger partial charge in [-0.1, -0.05) is 12.1 Å². The van der Waals surface area contributed by atoms with Crippen molar-refractivity contribution in [2.45, 2.75) is 32.0 Å². The van der Waals surface area contributed by atoms with E-state index in [9.17, 15) is 4.39 Å². The van der Waals surface area contributed by atoms with E-state index < -0.39 is 0 Å². The molecular weight excluding hydrogens is 241 g/mol. The summed E-state index contributed by atoms with van der Waals surface area (Å²) in [7, 11) is 4.32. The largest absolute Gasteiger partial charge is 0.326 e. The summed E-state index contributed by atoms with van der Waals surface area (Å²) in [6.07, 6.45) is 2.41. The number of benzene rings is 1. The molecule has 1 aliphatic heterocycles. The van der Waals surface area contributed by atoms with Crippen LogP contribution < -0.4 is 5.73 Å². The molecule has 0 bridgehead atoms. The summed E-state index contributed by atoms with van der Waals surface area (Å²) < 4.78 is 13.4. The van der Waals surface area contributed by atoms with Crippen LogP contribution in [0.25, 0.3) is 0 Å². The molecule has 1 aliphatic rings. The lowest BCUT2D eigenvalue weighted by molar-refractivity contribution is 0.139. The first-order valence-corrected chi connectivity index (χ1v) is 6.96. The monoisotopic (exact) mass is 265 g/mol. The van der Waals surface area contributed by atoms with Crippen LogP contribution in [0.2, 0.25) is 0 Å². The fraction of sp³-hybridized carbons (Fsp3) is 0.600. The Morgan fingerprint density at radius 3 is 2.68 bits per heavy atom. The molecule has 0 radical (unpaired) electrons. The first kappa shape index (κ1) is 14.4. The van der Waals surface area contributed by atoms with Gasteiger partial charge in [-0.3, -0.25) is 4.90 Å². The minimum Gasteiger partial charge on any atom is -0.326 e. The molecule has 19 heavy (non-hydrogen) atoms. The Morgan fingerprint density at radius 1 is 1.37 bits per heavy atom. The second-order valence-electron chi connectivity index (χ2n) is 5.58. The van der Waals surface area contributed by atoms with Gasteiger partial charge >= 0.3 is 0 Å². The summed E-state index contributed by atoms with van der Waals surface area (Å²) in [4.78, 5) is 4.75. The molecule has 0 atom stereocenters. The molecule has 0 unspecified atom stereocenters. The molecule has 0 saturated carbocycles. The van der Waals surface area contributed by atoms with E-state index in [0.717, 1.165) is 25.2 Å². The molecule has 1 aromatic rings. The average Bonchev–Trinajstić information content (AvgIpc) is 2.41. The summed E-state index contributed by atoms with van der Waals surface area (Å²) in [6.45, 7) is 3.44. The number of piperidine rings is 1. The fourth-order valence-electron chi connectivity index (χ4n) is 2.74. The van der Waals surface area contributed by atoms with Crippen LogP contribution in [0.1, 0.15) is 24.0 Å². The van der Waals surface area contributed by atoms with E-state index in [1.165, 1.54) is 18.9 Å².